The van der Waals surface area contributed by atoms with E-state index >= 15 is 0 Å². The zero-order valence-corrected chi connectivity index (χ0v) is 19.3. The van der Waals surface area contributed by atoms with E-state index in [1.54, 1.807) is 54.3 Å². The Morgan fingerprint density at radius 2 is 1.91 bits per heavy atom. The number of carbonyl (C=O) groups is 1. The molecule has 0 aliphatic carbocycles. The Balaban J connectivity index is 1.44. The molecule has 0 saturated carbocycles. The average Bonchev–Trinajstić information content (AvgIpc) is 3.28. The van der Waals surface area contributed by atoms with Gasteiger partial charge in [0.2, 0.25) is 6.20 Å². The molecule has 0 fully saturated rings. The molecular weight excluding hydrogens is 456 g/mol. The van der Waals surface area contributed by atoms with E-state index in [4.69, 9.17) is 23.5 Å². The maximum atomic E-state index is 12.8. The summed E-state index contributed by atoms with van der Waals surface area (Å²) >= 11 is 0. The van der Waals surface area contributed by atoms with Crippen LogP contribution < -0.4 is 33.9 Å². The smallest absolute Gasteiger partial charge is 0.327 e. The van der Waals surface area contributed by atoms with E-state index in [9.17, 15) is 10.0 Å². The number of aromatic nitrogens is 2. The fourth-order valence-corrected chi connectivity index (χ4v) is 3.86. The number of hydrogen-bond donors (Lipinski definition) is 2. The summed E-state index contributed by atoms with van der Waals surface area (Å²) in [4.78, 5) is 14.4. The number of pyridine rings is 1. The Labute approximate surface area is 199 Å². The lowest BCUT2D eigenvalue weighted by Gasteiger charge is -2.29. The predicted molar refractivity (Wildman–Crippen MR) is 124 cm³/mol. The van der Waals surface area contributed by atoms with E-state index in [2.05, 4.69) is 10.5 Å². The SMILES string of the molecule is COc1cc2c(Oc3ccc4c(c3)OCCN4C(=O)Nc3cc(C)on3)cc[n+](O)c2cc1OC. The molecule has 11 nitrogen and oxygen atoms in total. The number of carbonyl (C=O) groups excluding carboxylic acids is 1. The number of methoxy groups -OCH3 is 2. The zero-order valence-electron chi connectivity index (χ0n) is 19.3. The van der Waals surface area contributed by atoms with Gasteiger partial charge in [-0.2, -0.15) is 0 Å². The summed E-state index contributed by atoms with van der Waals surface area (Å²) in [5.41, 5.74) is 1.07. The predicted octanol–water partition coefficient (Wildman–Crippen LogP) is 3.90. The summed E-state index contributed by atoms with van der Waals surface area (Å²) in [5, 5.41) is 17.4. The van der Waals surface area contributed by atoms with Gasteiger partial charge in [-0.3, -0.25) is 15.4 Å². The molecular formula is C24H23N4O7+. The van der Waals surface area contributed by atoms with Crippen LogP contribution in [-0.2, 0) is 0 Å². The lowest BCUT2D eigenvalue weighted by molar-refractivity contribution is -0.884. The van der Waals surface area contributed by atoms with Crippen LogP contribution in [0.2, 0.25) is 0 Å². The van der Waals surface area contributed by atoms with Gasteiger partial charge in [-0.1, -0.05) is 5.16 Å². The highest BCUT2D eigenvalue weighted by atomic mass is 16.5. The van der Waals surface area contributed by atoms with Gasteiger partial charge in [-0.05, 0) is 19.1 Å². The first-order chi connectivity index (χ1) is 17.0. The van der Waals surface area contributed by atoms with Gasteiger partial charge in [0.1, 0.15) is 29.6 Å². The molecule has 0 unspecified atom stereocenters. The van der Waals surface area contributed by atoms with Gasteiger partial charge in [0, 0.05) is 22.9 Å². The molecule has 5 rings (SSSR count). The number of nitrogens with zero attached hydrogens (tertiary/aromatic N) is 3. The van der Waals surface area contributed by atoms with Gasteiger partial charge in [0.05, 0.1) is 44.0 Å². The molecule has 0 saturated heterocycles. The molecule has 180 valence electrons. The number of ether oxygens (including phenoxy) is 4. The van der Waals surface area contributed by atoms with Crippen LogP contribution in [0.4, 0.5) is 16.3 Å². The molecule has 1 aliphatic rings. The van der Waals surface area contributed by atoms with Crippen molar-refractivity contribution in [3.8, 4) is 28.7 Å². The van der Waals surface area contributed by atoms with E-state index in [0.717, 1.165) is 4.73 Å². The molecule has 35 heavy (non-hydrogen) atoms. The molecule has 4 aromatic rings. The van der Waals surface area contributed by atoms with Crippen LogP contribution in [0, 0.1) is 6.92 Å². The standard InChI is InChI=1S/C24H22N4O7/c1-14-10-23(26-35-14)25-24(29)27-8-9-33-20-11-15(4-5-17(20)27)34-19-6-7-28(30)18-13-22(32-3)21(31-2)12-16(18)19/h4-7,10-13H,8-9H2,1-3H3,(H-,25,26,29,30)/p+1. The highest BCUT2D eigenvalue weighted by Crippen LogP contribution is 2.39. The summed E-state index contributed by atoms with van der Waals surface area (Å²) in [6, 6.07) is 11.5. The molecule has 2 amide bonds. The van der Waals surface area contributed by atoms with Crippen LogP contribution in [-0.4, -0.2) is 43.8 Å². The van der Waals surface area contributed by atoms with Gasteiger partial charge >= 0.3 is 6.03 Å². The third-order valence-corrected chi connectivity index (χ3v) is 5.51. The van der Waals surface area contributed by atoms with Crippen molar-refractivity contribution < 1.29 is 38.2 Å². The second kappa shape index (κ2) is 8.93. The summed E-state index contributed by atoms with van der Waals surface area (Å²) in [6.45, 7) is 2.44. The largest absolute Gasteiger partial charge is 0.493 e. The summed E-state index contributed by atoms with van der Waals surface area (Å²) < 4.78 is 28.6. The van der Waals surface area contributed by atoms with Crippen LogP contribution in [0.25, 0.3) is 10.9 Å². The van der Waals surface area contributed by atoms with Crippen LogP contribution in [0.15, 0.2) is 53.2 Å². The second-order valence-electron chi connectivity index (χ2n) is 7.73. The van der Waals surface area contributed by atoms with Crippen LogP contribution in [0.5, 0.6) is 28.7 Å². The molecule has 0 spiro atoms. The summed E-state index contributed by atoms with van der Waals surface area (Å²) in [6.07, 6.45) is 1.47. The first-order valence-electron chi connectivity index (χ1n) is 10.7. The Morgan fingerprint density at radius 1 is 1.11 bits per heavy atom. The van der Waals surface area contributed by atoms with Gasteiger partial charge in [0.25, 0.3) is 5.52 Å². The molecule has 0 atom stereocenters. The Hall–Kier alpha value is -4.67. The second-order valence-corrected chi connectivity index (χ2v) is 7.73. The Kier molecular flexibility index (Phi) is 5.65. The minimum absolute atomic E-state index is 0.317. The molecule has 0 radical (unpaired) electrons. The van der Waals surface area contributed by atoms with Crippen molar-refractivity contribution in [1.82, 2.24) is 5.16 Å². The van der Waals surface area contributed by atoms with Gasteiger partial charge in [0.15, 0.2) is 17.3 Å². The van der Waals surface area contributed by atoms with E-state index in [1.807, 2.05) is 0 Å². The van der Waals surface area contributed by atoms with Gasteiger partial charge in [-0.15, -0.1) is 0 Å². The van der Waals surface area contributed by atoms with E-state index in [-0.39, 0.29) is 6.03 Å². The lowest BCUT2D eigenvalue weighted by Crippen LogP contribution is -2.40. The van der Waals surface area contributed by atoms with E-state index < -0.39 is 0 Å². The number of benzene rings is 2. The minimum Gasteiger partial charge on any atom is -0.493 e. The van der Waals surface area contributed by atoms with Crippen molar-refractivity contribution in [1.29, 1.82) is 0 Å². The van der Waals surface area contributed by atoms with Crippen molar-refractivity contribution in [2.45, 2.75) is 6.92 Å². The average molecular weight is 479 g/mol. The fraction of sp³-hybridized carbons (Fsp3) is 0.208. The van der Waals surface area contributed by atoms with Crippen molar-refractivity contribution in [3.63, 3.8) is 0 Å². The highest BCUT2D eigenvalue weighted by molar-refractivity contribution is 6.02. The number of hydrogen-bond acceptors (Lipinski definition) is 8. The first kappa shape index (κ1) is 22.1. The van der Waals surface area contributed by atoms with E-state index in [1.165, 1.54) is 20.4 Å². The van der Waals surface area contributed by atoms with Crippen LogP contribution in [0.1, 0.15) is 5.76 Å². The third kappa shape index (κ3) is 4.19. The molecule has 2 N–H and O–H groups in total. The quantitative estimate of drug-likeness (QED) is 0.327. The monoisotopic (exact) mass is 479 g/mol. The Bertz CT molecular complexity index is 1420. The summed E-state index contributed by atoms with van der Waals surface area (Å²) in [5.74, 6) is 3.38. The first-order valence-corrected chi connectivity index (χ1v) is 10.7. The topological polar surface area (TPSA) is 119 Å². The van der Waals surface area contributed by atoms with Gasteiger partial charge < -0.3 is 23.5 Å². The molecule has 2 aromatic carbocycles. The fourth-order valence-electron chi connectivity index (χ4n) is 3.86. The van der Waals surface area contributed by atoms with Crippen molar-refractivity contribution in [3.05, 3.63) is 54.4 Å². The lowest BCUT2D eigenvalue weighted by atomic mass is 10.1. The Morgan fingerprint density at radius 3 is 2.66 bits per heavy atom. The van der Waals surface area contributed by atoms with Crippen LogP contribution in [0.3, 0.4) is 0 Å². The molecule has 0 bridgehead atoms. The number of fused-ring (bicyclic) bond motifs is 2. The zero-order chi connectivity index (χ0) is 24.5. The molecule has 1 aliphatic heterocycles. The third-order valence-electron chi connectivity index (χ3n) is 5.51. The van der Waals surface area contributed by atoms with Crippen molar-refractivity contribution in [2.75, 3.05) is 37.6 Å². The van der Waals surface area contributed by atoms with Gasteiger partial charge in [-0.25, -0.2) is 4.79 Å². The summed E-state index contributed by atoms with van der Waals surface area (Å²) in [7, 11) is 3.06. The van der Waals surface area contributed by atoms with Crippen LogP contribution >= 0.6 is 0 Å². The maximum Gasteiger partial charge on any atom is 0.327 e. The molecule has 11 heteroatoms. The maximum absolute atomic E-state index is 12.8. The molecule has 2 aromatic heterocycles. The number of nitrogens with one attached hydrogen (secondary N) is 1. The van der Waals surface area contributed by atoms with E-state index in [0.29, 0.717) is 70.1 Å². The number of amides is 2. The number of anilines is 2. The highest BCUT2D eigenvalue weighted by Gasteiger charge is 2.26. The number of urea groups is 1. The number of aryl methyl sites for hydroxylation is 1. The number of rotatable bonds is 5. The normalized spacial score (nSPS) is 12.6. The molecule has 3 heterocycles. The van der Waals surface area contributed by atoms with Crippen molar-refractivity contribution >= 4 is 28.4 Å². The van der Waals surface area contributed by atoms with Crippen molar-refractivity contribution in [2.24, 2.45) is 0 Å². The minimum atomic E-state index is -0.348.